The van der Waals surface area contributed by atoms with E-state index in [0.717, 1.165) is 5.56 Å². The standard InChI is InChI=1S/C21H26N4O4S/c1-16(26)23-19-8-3-7-18(12-19)21(27)24-11-5-9-20(15-24)25(30(2,28)29)14-17-6-4-10-22-13-17/h3-4,6-8,10,12-13,20H,5,9,11,14-15H2,1-2H3,(H,23,26). The van der Waals surface area contributed by atoms with Crippen LogP contribution < -0.4 is 5.32 Å². The van der Waals surface area contributed by atoms with Gasteiger partial charge in [0.1, 0.15) is 0 Å². The summed E-state index contributed by atoms with van der Waals surface area (Å²) in [6, 6.07) is 10.1. The number of likely N-dealkylation sites (tertiary alicyclic amines) is 1. The molecule has 1 aromatic carbocycles. The maximum atomic E-state index is 13.0. The van der Waals surface area contributed by atoms with Crippen LogP contribution in [0.15, 0.2) is 48.8 Å². The molecule has 3 rings (SSSR count). The SMILES string of the molecule is CC(=O)Nc1cccc(C(=O)N2CCCC(N(Cc3cccnc3)S(C)(=O)=O)C2)c1. The summed E-state index contributed by atoms with van der Waals surface area (Å²) in [4.78, 5) is 30.1. The Morgan fingerprint density at radius 3 is 2.73 bits per heavy atom. The number of amides is 2. The molecule has 1 atom stereocenters. The third kappa shape index (κ3) is 5.64. The Morgan fingerprint density at radius 2 is 2.07 bits per heavy atom. The van der Waals surface area contributed by atoms with E-state index in [1.165, 1.54) is 17.5 Å². The zero-order valence-electron chi connectivity index (χ0n) is 17.1. The lowest BCUT2D eigenvalue weighted by Crippen LogP contribution is -2.51. The summed E-state index contributed by atoms with van der Waals surface area (Å²) in [5, 5.41) is 2.67. The number of carbonyl (C=O) groups excluding carboxylic acids is 2. The fourth-order valence-electron chi connectivity index (χ4n) is 3.68. The number of benzene rings is 1. The van der Waals surface area contributed by atoms with Crippen molar-refractivity contribution in [2.24, 2.45) is 0 Å². The molecule has 8 nitrogen and oxygen atoms in total. The summed E-state index contributed by atoms with van der Waals surface area (Å²) in [6.45, 7) is 2.50. The Balaban J connectivity index is 1.77. The number of nitrogens with zero attached hydrogens (tertiary/aromatic N) is 3. The van der Waals surface area contributed by atoms with Crippen molar-refractivity contribution in [3.05, 3.63) is 59.9 Å². The molecule has 0 bridgehead atoms. The first-order valence-corrected chi connectivity index (χ1v) is 11.6. The zero-order valence-corrected chi connectivity index (χ0v) is 17.9. The molecule has 1 fully saturated rings. The Morgan fingerprint density at radius 1 is 1.27 bits per heavy atom. The van der Waals surface area contributed by atoms with E-state index in [1.807, 2.05) is 6.07 Å². The second kappa shape index (κ2) is 9.36. The molecule has 1 aliphatic heterocycles. The van der Waals surface area contributed by atoms with E-state index in [2.05, 4.69) is 10.3 Å². The van der Waals surface area contributed by atoms with Crippen LogP contribution in [0.2, 0.25) is 0 Å². The van der Waals surface area contributed by atoms with Gasteiger partial charge in [-0.2, -0.15) is 4.31 Å². The third-order valence-electron chi connectivity index (χ3n) is 5.01. The Bertz CT molecular complexity index is 1010. The number of hydrogen-bond acceptors (Lipinski definition) is 5. The van der Waals surface area contributed by atoms with Gasteiger partial charge in [0.15, 0.2) is 0 Å². The lowest BCUT2D eigenvalue weighted by Gasteiger charge is -2.38. The number of sulfonamides is 1. The zero-order chi connectivity index (χ0) is 21.7. The van der Waals surface area contributed by atoms with Crippen LogP contribution in [0.5, 0.6) is 0 Å². The van der Waals surface area contributed by atoms with Gasteiger partial charge in [0.05, 0.1) is 6.26 Å². The molecule has 2 heterocycles. The lowest BCUT2D eigenvalue weighted by atomic mass is 10.0. The summed E-state index contributed by atoms with van der Waals surface area (Å²) in [7, 11) is -3.48. The monoisotopic (exact) mass is 430 g/mol. The van der Waals surface area contributed by atoms with Crippen molar-refractivity contribution >= 4 is 27.5 Å². The second-order valence-corrected chi connectivity index (χ2v) is 9.41. The van der Waals surface area contributed by atoms with Gasteiger partial charge in [0.25, 0.3) is 5.91 Å². The average Bonchev–Trinajstić information content (AvgIpc) is 2.71. The van der Waals surface area contributed by atoms with Crippen LogP contribution in [-0.4, -0.2) is 59.8 Å². The van der Waals surface area contributed by atoms with E-state index in [4.69, 9.17) is 0 Å². The summed E-state index contributed by atoms with van der Waals surface area (Å²) < 4.78 is 26.4. The molecule has 1 N–H and O–H groups in total. The molecule has 1 aliphatic rings. The van der Waals surface area contributed by atoms with Gasteiger partial charge in [-0.05, 0) is 42.7 Å². The van der Waals surface area contributed by atoms with Crippen LogP contribution in [0.1, 0.15) is 35.7 Å². The van der Waals surface area contributed by atoms with Crippen molar-refractivity contribution in [1.29, 1.82) is 0 Å². The number of rotatable bonds is 6. The van der Waals surface area contributed by atoms with E-state index in [-0.39, 0.29) is 24.4 Å². The molecule has 0 spiro atoms. The maximum Gasteiger partial charge on any atom is 0.253 e. The minimum atomic E-state index is -3.48. The van der Waals surface area contributed by atoms with Gasteiger partial charge >= 0.3 is 0 Å². The topological polar surface area (TPSA) is 99.7 Å². The molecular formula is C21H26N4O4S. The molecule has 2 amide bonds. The lowest BCUT2D eigenvalue weighted by molar-refractivity contribution is -0.114. The van der Waals surface area contributed by atoms with Gasteiger partial charge < -0.3 is 10.2 Å². The molecule has 1 aromatic heterocycles. The molecule has 9 heteroatoms. The summed E-state index contributed by atoms with van der Waals surface area (Å²) >= 11 is 0. The highest BCUT2D eigenvalue weighted by atomic mass is 32.2. The minimum Gasteiger partial charge on any atom is -0.337 e. The predicted octanol–water partition coefficient (Wildman–Crippen LogP) is 2.11. The van der Waals surface area contributed by atoms with Gasteiger partial charge in [-0.3, -0.25) is 14.6 Å². The third-order valence-corrected chi connectivity index (χ3v) is 6.29. The van der Waals surface area contributed by atoms with Crippen LogP contribution in [0.3, 0.4) is 0 Å². The predicted molar refractivity (Wildman–Crippen MR) is 114 cm³/mol. The van der Waals surface area contributed by atoms with Gasteiger partial charge in [0.2, 0.25) is 15.9 Å². The fourth-order valence-corrected chi connectivity index (χ4v) is 4.78. The molecule has 0 aliphatic carbocycles. The number of hydrogen-bond donors (Lipinski definition) is 1. The molecule has 0 radical (unpaired) electrons. The molecule has 2 aromatic rings. The van der Waals surface area contributed by atoms with Crippen LogP contribution in [-0.2, 0) is 21.4 Å². The summed E-state index contributed by atoms with van der Waals surface area (Å²) in [5.74, 6) is -0.390. The van der Waals surface area contributed by atoms with Gasteiger partial charge in [0, 0.05) is 56.2 Å². The highest BCUT2D eigenvalue weighted by molar-refractivity contribution is 7.88. The number of pyridine rings is 1. The minimum absolute atomic E-state index is 0.179. The number of carbonyl (C=O) groups is 2. The van der Waals surface area contributed by atoms with Crippen LogP contribution in [0.25, 0.3) is 0 Å². The van der Waals surface area contributed by atoms with Crippen molar-refractivity contribution < 1.29 is 18.0 Å². The van der Waals surface area contributed by atoms with Gasteiger partial charge in [-0.15, -0.1) is 0 Å². The highest BCUT2D eigenvalue weighted by Gasteiger charge is 2.33. The van der Waals surface area contributed by atoms with E-state index >= 15 is 0 Å². The normalized spacial score (nSPS) is 17.0. The first-order chi connectivity index (χ1) is 14.2. The van der Waals surface area contributed by atoms with E-state index in [1.54, 1.807) is 47.6 Å². The van der Waals surface area contributed by atoms with Crippen molar-refractivity contribution in [3.8, 4) is 0 Å². The van der Waals surface area contributed by atoms with Crippen molar-refractivity contribution in [2.75, 3.05) is 24.7 Å². The highest BCUT2D eigenvalue weighted by Crippen LogP contribution is 2.23. The van der Waals surface area contributed by atoms with Crippen molar-refractivity contribution in [2.45, 2.75) is 32.4 Å². The number of nitrogens with one attached hydrogen (secondary N) is 1. The number of anilines is 1. The van der Waals surface area contributed by atoms with Gasteiger partial charge in [-0.25, -0.2) is 8.42 Å². The molecule has 160 valence electrons. The van der Waals surface area contributed by atoms with E-state index in [9.17, 15) is 18.0 Å². The molecule has 0 saturated carbocycles. The van der Waals surface area contributed by atoms with Crippen LogP contribution >= 0.6 is 0 Å². The van der Waals surface area contributed by atoms with Crippen LogP contribution in [0.4, 0.5) is 5.69 Å². The largest absolute Gasteiger partial charge is 0.337 e. The van der Waals surface area contributed by atoms with Crippen molar-refractivity contribution in [1.82, 2.24) is 14.2 Å². The van der Waals surface area contributed by atoms with Crippen LogP contribution in [0, 0.1) is 0 Å². The van der Waals surface area contributed by atoms with E-state index in [0.29, 0.717) is 37.2 Å². The molecule has 1 saturated heterocycles. The van der Waals surface area contributed by atoms with E-state index < -0.39 is 10.0 Å². The summed E-state index contributed by atoms with van der Waals surface area (Å²) in [5.41, 5.74) is 1.81. The average molecular weight is 431 g/mol. The quantitative estimate of drug-likeness (QED) is 0.757. The first-order valence-electron chi connectivity index (χ1n) is 9.76. The van der Waals surface area contributed by atoms with Crippen molar-refractivity contribution in [3.63, 3.8) is 0 Å². The Kier molecular flexibility index (Phi) is 6.84. The second-order valence-electron chi connectivity index (χ2n) is 7.48. The maximum absolute atomic E-state index is 13.0. The number of piperidine rings is 1. The number of aromatic nitrogens is 1. The fraction of sp³-hybridized carbons (Fsp3) is 0.381. The smallest absolute Gasteiger partial charge is 0.253 e. The molecule has 30 heavy (non-hydrogen) atoms. The Hall–Kier alpha value is -2.78. The first kappa shape index (κ1) is 21.9. The Labute approximate surface area is 177 Å². The van der Waals surface area contributed by atoms with Gasteiger partial charge in [-0.1, -0.05) is 12.1 Å². The molecular weight excluding hydrogens is 404 g/mol. The molecule has 1 unspecified atom stereocenters. The summed E-state index contributed by atoms with van der Waals surface area (Å²) in [6.07, 6.45) is 5.88.